The molecule has 1 aromatic carbocycles. The topological polar surface area (TPSA) is 47.3 Å². The van der Waals surface area contributed by atoms with Gasteiger partial charge in [0.2, 0.25) is 0 Å². The van der Waals surface area contributed by atoms with Gasteiger partial charge in [-0.2, -0.15) is 0 Å². The Morgan fingerprint density at radius 2 is 2.31 bits per heavy atom. The molecular formula is C11H16BrClN2O. The summed E-state index contributed by atoms with van der Waals surface area (Å²) in [7, 11) is 0. The fourth-order valence-electron chi connectivity index (χ4n) is 1.35. The number of nitrogens with two attached hydrogens (primary N) is 1. The van der Waals surface area contributed by atoms with Gasteiger partial charge in [-0.25, -0.2) is 0 Å². The van der Waals surface area contributed by atoms with Crippen LogP contribution in [0.1, 0.15) is 24.9 Å². The maximum atomic E-state index is 6.11. The lowest BCUT2D eigenvalue weighted by molar-refractivity contribution is 0.112. The summed E-state index contributed by atoms with van der Waals surface area (Å²) in [4.78, 5) is 0. The van der Waals surface area contributed by atoms with Crippen LogP contribution in [-0.2, 0) is 4.74 Å². The molecule has 0 aliphatic heterocycles. The molecule has 0 aromatic heterocycles. The highest BCUT2D eigenvalue weighted by molar-refractivity contribution is 9.10. The molecule has 1 unspecified atom stereocenters. The van der Waals surface area contributed by atoms with Gasteiger partial charge < -0.3 is 4.74 Å². The third-order valence-corrected chi connectivity index (χ3v) is 3.01. The standard InChI is InChI=1S/C11H16BrClN2O/c1-2-5-16-7-11(15-14)9-6-8(12)3-4-10(9)13/h3-4,6,11,15H,2,5,7,14H2,1H3. The number of hydrogen-bond donors (Lipinski definition) is 2. The van der Waals surface area contributed by atoms with E-state index in [9.17, 15) is 0 Å². The molecule has 3 N–H and O–H groups in total. The second kappa shape index (κ2) is 7.25. The van der Waals surface area contributed by atoms with Crippen LogP contribution in [0.15, 0.2) is 22.7 Å². The SMILES string of the molecule is CCCOCC(NN)c1cc(Br)ccc1Cl. The van der Waals surface area contributed by atoms with Gasteiger partial charge >= 0.3 is 0 Å². The van der Waals surface area contributed by atoms with E-state index in [1.165, 1.54) is 0 Å². The highest BCUT2D eigenvalue weighted by Crippen LogP contribution is 2.26. The van der Waals surface area contributed by atoms with Crippen molar-refractivity contribution in [1.82, 2.24) is 5.43 Å². The molecule has 1 atom stereocenters. The van der Waals surface area contributed by atoms with Gasteiger partial charge in [0.05, 0.1) is 12.6 Å². The van der Waals surface area contributed by atoms with Gasteiger partial charge in [0.15, 0.2) is 0 Å². The monoisotopic (exact) mass is 306 g/mol. The summed E-state index contributed by atoms with van der Waals surface area (Å²) in [5.41, 5.74) is 3.65. The number of ether oxygens (including phenoxy) is 1. The summed E-state index contributed by atoms with van der Waals surface area (Å²) >= 11 is 9.52. The first-order valence-electron chi connectivity index (χ1n) is 5.17. The predicted octanol–water partition coefficient (Wildman–Crippen LogP) is 3.03. The lowest BCUT2D eigenvalue weighted by Crippen LogP contribution is -2.31. The largest absolute Gasteiger partial charge is 0.379 e. The summed E-state index contributed by atoms with van der Waals surface area (Å²) in [6, 6.07) is 5.59. The number of hydrogen-bond acceptors (Lipinski definition) is 3. The van der Waals surface area contributed by atoms with Gasteiger partial charge in [0, 0.05) is 16.1 Å². The third-order valence-electron chi connectivity index (χ3n) is 2.17. The number of benzene rings is 1. The summed E-state index contributed by atoms with van der Waals surface area (Å²) in [6.45, 7) is 3.31. The van der Waals surface area contributed by atoms with Crippen LogP contribution in [0.25, 0.3) is 0 Å². The molecule has 0 spiro atoms. The molecule has 0 radical (unpaired) electrons. The van der Waals surface area contributed by atoms with Gasteiger partial charge in [0.25, 0.3) is 0 Å². The molecule has 3 nitrogen and oxygen atoms in total. The first kappa shape index (κ1) is 13.9. The molecule has 0 bridgehead atoms. The van der Waals surface area contributed by atoms with Gasteiger partial charge in [-0.1, -0.05) is 34.5 Å². The molecule has 1 aromatic rings. The molecule has 0 aliphatic rings. The second-order valence-corrected chi connectivity index (χ2v) is 4.78. The Morgan fingerprint density at radius 1 is 1.56 bits per heavy atom. The third kappa shape index (κ3) is 4.03. The minimum absolute atomic E-state index is 0.0865. The van der Waals surface area contributed by atoms with Gasteiger partial charge in [0.1, 0.15) is 0 Å². The number of hydrazine groups is 1. The van der Waals surface area contributed by atoms with Crippen LogP contribution in [0.2, 0.25) is 5.02 Å². The van der Waals surface area contributed by atoms with Crippen molar-refractivity contribution >= 4 is 27.5 Å². The Hall–Kier alpha value is -0.130. The van der Waals surface area contributed by atoms with Crippen LogP contribution in [0, 0.1) is 0 Å². The highest BCUT2D eigenvalue weighted by Gasteiger charge is 2.13. The van der Waals surface area contributed by atoms with Crippen LogP contribution < -0.4 is 11.3 Å². The maximum Gasteiger partial charge on any atom is 0.0708 e. The fourth-order valence-corrected chi connectivity index (χ4v) is 1.98. The number of rotatable bonds is 6. The Balaban J connectivity index is 2.73. The summed E-state index contributed by atoms with van der Waals surface area (Å²) < 4.78 is 6.44. The fraction of sp³-hybridized carbons (Fsp3) is 0.455. The zero-order valence-corrected chi connectivity index (χ0v) is 11.5. The summed E-state index contributed by atoms with van der Waals surface area (Å²) in [6.07, 6.45) is 0.990. The van der Waals surface area contributed by atoms with Gasteiger partial charge in [-0.15, -0.1) is 0 Å². The Bertz CT molecular complexity index is 336. The molecule has 0 amide bonds. The quantitative estimate of drug-likeness (QED) is 0.482. The Kier molecular flexibility index (Phi) is 6.31. The van der Waals surface area contributed by atoms with E-state index in [1.807, 2.05) is 18.2 Å². The molecule has 90 valence electrons. The molecule has 0 saturated carbocycles. The summed E-state index contributed by atoms with van der Waals surface area (Å²) in [5, 5.41) is 0.686. The van der Waals surface area contributed by atoms with E-state index in [4.69, 9.17) is 22.2 Å². The molecule has 0 heterocycles. The molecule has 0 aliphatic carbocycles. The van der Waals surface area contributed by atoms with Crippen molar-refractivity contribution in [2.24, 2.45) is 5.84 Å². The van der Waals surface area contributed by atoms with Crippen LogP contribution in [-0.4, -0.2) is 13.2 Å². The van der Waals surface area contributed by atoms with Crippen LogP contribution in [0.3, 0.4) is 0 Å². The molecule has 5 heteroatoms. The van der Waals surface area contributed by atoms with Gasteiger partial charge in [-0.05, 0) is 30.2 Å². The van der Waals surface area contributed by atoms with E-state index in [0.29, 0.717) is 11.6 Å². The van der Waals surface area contributed by atoms with E-state index < -0.39 is 0 Å². The highest BCUT2D eigenvalue weighted by atomic mass is 79.9. The van der Waals surface area contributed by atoms with Crippen molar-refractivity contribution in [2.75, 3.05) is 13.2 Å². The minimum atomic E-state index is -0.0865. The van der Waals surface area contributed by atoms with Gasteiger partial charge in [-0.3, -0.25) is 11.3 Å². The Morgan fingerprint density at radius 3 is 2.94 bits per heavy atom. The molecule has 0 fully saturated rings. The van der Waals surface area contributed by atoms with Crippen LogP contribution in [0.4, 0.5) is 0 Å². The van der Waals surface area contributed by atoms with E-state index in [-0.39, 0.29) is 6.04 Å². The smallest absolute Gasteiger partial charge is 0.0708 e. The van der Waals surface area contributed by atoms with E-state index in [2.05, 4.69) is 28.3 Å². The van der Waals surface area contributed by atoms with E-state index >= 15 is 0 Å². The van der Waals surface area contributed by atoms with Crippen molar-refractivity contribution in [2.45, 2.75) is 19.4 Å². The normalized spacial score (nSPS) is 12.8. The predicted molar refractivity (Wildman–Crippen MR) is 70.3 cm³/mol. The van der Waals surface area contributed by atoms with Crippen LogP contribution in [0.5, 0.6) is 0 Å². The average molecular weight is 308 g/mol. The van der Waals surface area contributed by atoms with Crippen molar-refractivity contribution in [3.63, 3.8) is 0 Å². The molecule has 0 saturated heterocycles. The van der Waals surface area contributed by atoms with Crippen molar-refractivity contribution < 1.29 is 4.74 Å². The maximum absolute atomic E-state index is 6.11. The van der Waals surface area contributed by atoms with Crippen molar-refractivity contribution in [3.05, 3.63) is 33.3 Å². The minimum Gasteiger partial charge on any atom is -0.379 e. The number of halogens is 2. The lowest BCUT2D eigenvalue weighted by Gasteiger charge is -2.18. The molecule has 16 heavy (non-hydrogen) atoms. The molecular weight excluding hydrogens is 291 g/mol. The Labute approximate surface area is 109 Å². The average Bonchev–Trinajstić information content (AvgIpc) is 2.28. The van der Waals surface area contributed by atoms with Crippen molar-refractivity contribution in [1.29, 1.82) is 0 Å². The van der Waals surface area contributed by atoms with Crippen molar-refractivity contribution in [3.8, 4) is 0 Å². The first-order chi connectivity index (χ1) is 7.69. The molecule has 1 rings (SSSR count). The second-order valence-electron chi connectivity index (χ2n) is 3.46. The lowest BCUT2D eigenvalue weighted by atomic mass is 10.1. The van der Waals surface area contributed by atoms with E-state index in [1.54, 1.807) is 0 Å². The van der Waals surface area contributed by atoms with E-state index in [0.717, 1.165) is 23.1 Å². The van der Waals surface area contributed by atoms with Crippen LogP contribution >= 0.6 is 27.5 Å². The first-order valence-corrected chi connectivity index (χ1v) is 6.35. The zero-order chi connectivity index (χ0) is 12.0. The number of nitrogens with one attached hydrogen (secondary N) is 1. The zero-order valence-electron chi connectivity index (χ0n) is 9.17. The summed E-state index contributed by atoms with van der Waals surface area (Å²) in [5.74, 6) is 5.50.